The van der Waals surface area contributed by atoms with Crippen molar-refractivity contribution in [2.45, 2.75) is 5.66 Å². The highest BCUT2D eigenvalue weighted by Gasteiger charge is 2.49. The Morgan fingerprint density at radius 2 is 1.75 bits per heavy atom. The molecule has 0 aromatic heterocycles. The van der Waals surface area contributed by atoms with Crippen molar-refractivity contribution in [3.63, 3.8) is 0 Å². The smallest absolute Gasteiger partial charge is 0.388 e. The van der Waals surface area contributed by atoms with E-state index < -0.39 is 22.1 Å². The Kier molecular flexibility index (Phi) is 2.46. The third-order valence-electron chi connectivity index (χ3n) is 1.70. The van der Waals surface area contributed by atoms with E-state index in [0.717, 1.165) is 0 Å². The van der Waals surface area contributed by atoms with Crippen LogP contribution >= 0.6 is 0 Å². The number of hydrogen-bond acceptors (Lipinski definition) is 4. The quantitative estimate of drug-likeness (QED) is 0.274. The van der Waals surface area contributed by atoms with Gasteiger partial charge in [-0.05, 0) is 0 Å². The molecule has 0 fully saturated rings. The molecule has 1 unspecified atom stereocenters. The highest BCUT2D eigenvalue weighted by atomic mass is 16.4. The van der Waals surface area contributed by atoms with Crippen LogP contribution in [0.4, 0.5) is 0 Å². The van der Waals surface area contributed by atoms with E-state index in [1.165, 1.54) is 21.1 Å². The molecule has 12 heavy (non-hydrogen) atoms. The summed E-state index contributed by atoms with van der Waals surface area (Å²) in [6, 6.07) is 0. The number of carboxylic acids is 2. The predicted molar refractivity (Wildman–Crippen MR) is 37.6 cm³/mol. The summed E-state index contributed by atoms with van der Waals surface area (Å²) in [6.07, 6.45) is 0. The molecule has 6 nitrogen and oxygen atoms in total. The largest absolute Gasteiger partial charge is 0.542 e. The van der Waals surface area contributed by atoms with Crippen LogP contribution in [-0.2, 0) is 9.59 Å². The summed E-state index contributed by atoms with van der Waals surface area (Å²) in [5.41, 5.74) is 2.77. The molecule has 0 bridgehead atoms. The Balaban J connectivity index is 5.17. The van der Waals surface area contributed by atoms with Gasteiger partial charge in [0, 0.05) is 0 Å². The normalized spacial score (nSPS) is 16.7. The van der Waals surface area contributed by atoms with E-state index >= 15 is 0 Å². The summed E-state index contributed by atoms with van der Waals surface area (Å²) in [6.45, 7) is 0. The Labute approximate surface area is 69.8 Å². The Bertz CT molecular complexity index is 204. The first-order valence-electron chi connectivity index (χ1n) is 3.19. The first kappa shape index (κ1) is 10.9. The second-order valence-electron chi connectivity index (χ2n) is 3.37. The van der Waals surface area contributed by atoms with Crippen LogP contribution in [0.5, 0.6) is 0 Å². The molecule has 3 N–H and O–H groups in total. The van der Waals surface area contributed by atoms with Gasteiger partial charge in [-0.2, -0.15) is 0 Å². The molecule has 0 radical (unpaired) electrons. The van der Waals surface area contributed by atoms with Crippen molar-refractivity contribution in [3.05, 3.63) is 0 Å². The van der Waals surface area contributed by atoms with Gasteiger partial charge in [0.25, 0.3) is 5.66 Å². The van der Waals surface area contributed by atoms with Gasteiger partial charge in [0.2, 0.25) is 0 Å². The molecule has 0 aromatic carbocycles. The van der Waals surface area contributed by atoms with E-state index in [1.807, 2.05) is 0 Å². The summed E-state index contributed by atoms with van der Waals surface area (Å²) in [5.74, 6) is -3.42. The predicted octanol–water partition coefficient (Wildman–Crippen LogP) is -2.82. The minimum absolute atomic E-state index is 0.440. The molecule has 0 amide bonds. The lowest BCUT2D eigenvalue weighted by Gasteiger charge is -2.39. The zero-order valence-electron chi connectivity index (χ0n) is 7.20. The van der Waals surface area contributed by atoms with Crippen LogP contribution in [0.3, 0.4) is 0 Å². The number of carbonyl (C=O) groups excluding carboxylic acids is 1. The molecule has 0 saturated heterocycles. The summed E-state index contributed by atoms with van der Waals surface area (Å²) in [5, 5.41) is 19.1. The molecular weight excluding hydrogens is 164 g/mol. The van der Waals surface area contributed by atoms with Crippen molar-refractivity contribution in [2.24, 2.45) is 5.73 Å². The minimum Gasteiger partial charge on any atom is -0.542 e. The fourth-order valence-electron chi connectivity index (χ4n) is 0.648. The van der Waals surface area contributed by atoms with Gasteiger partial charge in [0.1, 0.15) is 5.97 Å². The maximum Gasteiger partial charge on any atom is 0.388 e. The maximum absolute atomic E-state index is 10.5. The first-order chi connectivity index (χ1) is 5.14. The molecular formula is C6H12N2O4. The standard InChI is InChI=1S/C6H12N2O4/c1-8(2,3)6(7,4(9)10)5(11)12/h7H2,1-3H3,(H-,9,10,11,12). The molecule has 0 aliphatic carbocycles. The third kappa shape index (κ3) is 1.39. The van der Waals surface area contributed by atoms with Gasteiger partial charge in [-0.25, -0.2) is 4.79 Å². The monoisotopic (exact) mass is 176 g/mol. The molecule has 1 atom stereocenters. The number of nitrogens with zero attached hydrogens (tertiary/aromatic N) is 1. The number of carbonyl (C=O) groups is 2. The van der Waals surface area contributed by atoms with Crippen molar-refractivity contribution in [2.75, 3.05) is 21.1 Å². The van der Waals surface area contributed by atoms with E-state index in [2.05, 4.69) is 0 Å². The van der Waals surface area contributed by atoms with Crippen LogP contribution in [0, 0.1) is 0 Å². The third-order valence-corrected chi connectivity index (χ3v) is 1.70. The lowest BCUT2D eigenvalue weighted by Crippen LogP contribution is -2.75. The number of nitrogens with two attached hydrogens (primary N) is 1. The molecule has 0 spiro atoms. The van der Waals surface area contributed by atoms with Crippen LogP contribution in [0.1, 0.15) is 0 Å². The number of rotatable bonds is 3. The average molecular weight is 176 g/mol. The highest BCUT2D eigenvalue weighted by molar-refractivity contribution is 5.99. The van der Waals surface area contributed by atoms with Gasteiger partial charge < -0.3 is 15.0 Å². The van der Waals surface area contributed by atoms with E-state index in [0.29, 0.717) is 0 Å². The lowest BCUT2D eigenvalue weighted by molar-refractivity contribution is -0.906. The van der Waals surface area contributed by atoms with Crippen LogP contribution in [-0.4, -0.2) is 48.3 Å². The van der Waals surface area contributed by atoms with Crippen molar-refractivity contribution >= 4 is 11.9 Å². The number of aliphatic carboxylic acids is 2. The summed E-state index contributed by atoms with van der Waals surface area (Å²) >= 11 is 0. The molecule has 6 heteroatoms. The van der Waals surface area contributed by atoms with Gasteiger partial charge in [-0.15, -0.1) is 0 Å². The topological polar surface area (TPSA) is 103 Å². The number of likely N-dealkylation sites (N-methyl/N-ethyl adjacent to an activating group) is 1. The van der Waals surface area contributed by atoms with Crippen molar-refractivity contribution in [1.29, 1.82) is 0 Å². The molecule has 0 aliphatic rings. The van der Waals surface area contributed by atoms with E-state index in [9.17, 15) is 14.7 Å². The Morgan fingerprint density at radius 3 is 1.75 bits per heavy atom. The maximum atomic E-state index is 10.5. The molecule has 0 aromatic rings. The summed E-state index contributed by atoms with van der Waals surface area (Å²) in [4.78, 5) is 21.0. The van der Waals surface area contributed by atoms with Gasteiger partial charge in [0.05, 0.1) is 21.1 Å². The Hall–Kier alpha value is -1.14. The van der Waals surface area contributed by atoms with Crippen molar-refractivity contribution in [1.82, 2.24) is 0 Å². The number of carboxylic acid groups (broad SMARTS) is 2. The van der Waals surface area contributed by atoms with E-state index in [-0.39, 0.29) is 0 Å². The zero-order valence-corrected chi connectivity index (χ0v) is 7.20. The minimum atomic E-state index is -2.40. The van der Waals surface area contributed by atoms with Gasteiger partial charge in [-0.1, -0.05) is 0 Å². The number of quaternary nitrogens is 1. The van der Waals surface area contributed by atoms with Crippen LogP contribution in [0.2, 0.25) is 0 Å². The summed E-state index contributed by atoms with van der Waals surface area (Å²) < 4.78 is -0.440. The Morgan fingerprint density at radius 1 is 1.42 bits per heavy atom. The van der Waals surface area contributed by atoms with Crippen molar-refractivity contribution in [3.8, 4) is 0 Å². The van der Waals surface area contributed by atoms with Crippen molar-refractivity contribution < 1.29 is 24.3 Å². The van der Waals surface area contributed by atoms with Crippen LogP contribution < -0.4 is 10.8 Å². The second kappa shape index (κ2) is 2.72. The molecule has 0 rings (SSSR count). The lowest BCUT2D eigenvalue weighted by atomic mass is 10.1. The summed E-state index contributed by atoms with van der Waals surface area (Å²) in [7, 11) is 4.09. The van der Waals surface area contributed by atoms with E-state index in [4.69, 9.17) is 10.8 Å². The van der Waals surface area contributed by atoms with E-state index in [1.54, 1.807) is 0 Å². The van der Waals surface area contributed by atoms with Gasteiger partial charge in [0.15, 0.2) is 0 Å². The second-order valence-corrected chi connectivity index (χ2v) is 3.37. The highest BCUT2D eigenvalue weighted by Crippen LogP contribution is 2.11. The molecule has 0 saturated carbocycles. The molecule has 70 valence electrons. The molecule has 0 heterocycles. The average Bonchev–Trinajstić information content (AvgIpc) is 1.82. The van der Waals surface area contributed by atoms with Crippen LogP contribution in [0.25, 0.3) is 0 Å². The molecule has 0 aliphatic heterocycles. The van der Waals surface area contributed by atoms with Crippen LogP contribution in [0.15, 0.2) is 0 Å². The SMILES string of the molecule is C[N+](C)(C)C(N)(C(=O)[O-])C(=O)O. The fourth-order valence-corrected chi connectivity index (χ4v) is 0.648. The fraction of sp³-hybridized carbons (Fsp3) is 0.667. The number of hydrogen-bond donors (Lipinski definition) is 2. The first-order valence-corrected chi connectivity index (χ1v) is 3.19. The van der Waals surface area contributed by atoms with Gasteiger partial charge >= 0.3 is 5.97 Å². The van der Waals surface area contributed by atoms with Gasteiger partial charge in [-0.3, -0.25) is 10.2 Å². The zero-order chi connectivity index (χ0) is 10.2.